The topological polar surface area (TPSA) is 172 Å². The van der Waals surface area contributed by atoms with Crippen LogP contribution >= 0.6 is 0 Å². The lowest BCUT2D eigenvalue weighted by atomic mass is 9.72. The summed E-state index contributed by atoms with van der Waals surface area (Å²) < 4.78 is 33.3. The summed E-state index contributed by atoms with van der Waals surface area (Å²) in [4.78, 5) is 69.6. The van der Waals surface area contributed by atoms with Crippen LogP contribution in [0.25, 0.3) is 11.3 Å². The number of aliphatic hydroxyl groups is 1. The molecule has 15 nitrogen and oxygen atoms in total. The Balaban J connectivity index is 1.45. The Bertz CT molecular complexity index is 1840. The Hall–Kier alpha value is -4.02. The number of hydrogen-bond donors (Lipinski definition) is 1. The molecule has 3 saturated heterocycles. The molecule has 0 aromatic carbocycles. The predicted molar refractivity (Wildman–Crippen MR) is 224 cm³/mol. The van der Waals surface area contributed by atoms with Gasteiger partial charge in [0.25, 0.3) is 0 Å². The number of unbranched alkanes of at least 4 members (excludes halogenated alkanes) is 1. The summed E-state index contributed by atoms with van der Waals surface area (Å²) in [5.41, 5.74) is -0.239. The fourth-order valence-corrected chi connectivity index (χ4v) is 9.51. The van der Waals surface area contributed by atoms with Crippen molar-refractivity contribution in [1.29, 1.82) is 0 Å². The second-order valence-electron chi connectivity index (χ2n) is 17.6. The Labute approximate surface area is 355 Å². The first kappa shape index (κ1) is 47.0. The number of ketones is 2. The molecule has 0 bridgehead atoms. The smallest absolute Gasteiger partial charge is 0.411 e. The summed E-state index contributed by atoms with van der Waals surface area (Å²) in [5.74, 6) is -5.20. The SMILES string of the molecule is C=C[C@]12OC(=O)N(CCCCn3cnc(-c4ccc(C)nc4)c3)[C@H]1[C@@H](C)C(=O)[C@H](C)C[C@@](C)(OC)[C@H](O[C@@H]1O[C@H](C)C[C@H](N(C)C)[C@H]1O)[C@@H](C)C(=O)[C@@H](C)C(=O)O[C@@H]2CC. The molecule has 0 radical (unpaired) electrons. The van der Waals surface area contributed by atoms with Crippen LogP contribution in [0, 0.1) is 30.6 Å². The Morgan fingerprint density at radius 3 is 2.35 bits per heavy atom. The number of likely N-dealkylation sites (N-methyl/N-ethyl adjacent to an activating group) is 1. The molecular formula is C45H67N5O10. The second kappa shape index (κ2) is 19.4. The number of methoxy groups -OCH3 is 1. The average Bonchev–Trinajstić information content (AvgIpc) is 3.81. The molecule has 0 unspecified atom stereocenters. The number of nitrogens with zero attached hydrogens (tertiary/aromatic N) is 5. The highest BCUT2D eigenvalue weighted by Crippen LogP contribution is 2.44. The number of amides is 1. The van der Waals surface area contributed by atoms with Gasteiger partial charge in [-0.25, -0.2) is 9.78 Å². The molecule has 13 atom stereocenters. The molecule has 332 valence electrons. The number of rotatable bonds is 12. The first-order valence-corrected chi connectivity index (χ1v) is 21.4. The monoisotopic (exact) mass is 837 g/mol. The maximum absolute atomic E-state index is 14.8. The fourth-order valence-electron chi connectivity index (χ4n) is 9.51. The van der Waals surface area contributed by atoms with Crippen LogP contribution in [0.1, 0.15) is 86.3 Å². The maximum atomic E-state index is 14.8. The van der Waals surface area contributed by atoms with Gasteiger partial charge in [-0.1, -0.05) is 34.3 Å². The Morgan fingerprint density at radius 1 is 1.03 bits per heavy atom. The van der Waals surface area contributed by atoms with E-state index in [1.54, 1.807) is 52.0 Å². The van der Waals surface area contributed by atoms with Gasteiger partial charge in [-0.05, 0) is 92.1 Å². The van der Waals surface area contributed by atoms with E-state index in [0.717, 1.165) is 17.0 Å². The number of carbonyl (C=O) groups excluding carboxylic acids is 4. The van der Waals surface area contributed by atoms with Gasteiger partial charge < -0.3 is 38.3 Å². The lowest BCUT2D eigenvalue weighted by Gasteiger charge is -2.47. The van der Waals surface area contributed by atoms with E-state index in [-0.39, 0.29) is 37.3 Å². The van der Waals surface area contributed by atoms with Crippen molar-refractivity contribution in [1.82, 2.24) is 24.3 Å². The number of hydrogen-bond acceptors (Lipinski definition) is 13. The van der Waals surface area contributed by atoms with Crippen molar-refractivity contribution in [2.24, 2.45) is 23.7 Å². The standard InChI is InChI=1S/C45H67N5O10/c1-13-35-45(14-2)39(50(43(55)60-45)20-16-15-19-49-24-33(47-25-49)32-18-17-27(4)46-23-32)29(6)36(51)26(3)22-44(9,56-12)40(30(7)37(52)31(8)41(54)58-35)59-42-38(53)34(48(10)11)21-28(5)57-42/h14,17-18,23-26,28-31,34-35,38-40,42,53H,2,13,15-16,19-22H2,1,3-12H3/t26-,28-,29+,30+,31-,34+,35-,38-,39+,40-,42+,44-,45-/m1/s1. The third-order valence-corrected chi connectivity index (χ3v) is 13.1. The van der Waals surface area contributed by atoms with Gasteiger partial charge >= 0.3 is 12.1 Å². The molecule has 3 fully saturated rings. The molecule has 1 N–H and O–H groups in total. The van der Waals surface area contributed by atoms with E-state index in [1.807, 2.05) is 55.7 Å². The van der Waals surface area contributed by atoms with Crippen LogP contribution in [-0.4, -0.2) is 135 Å². The molecule has 0 aliphatic carbocycles. The number of fused-ring (bicyclic) bond motifs is 1. The lowest BCUT2D eigenvalue weighted by Crippen LogP contribution is -2.60. The summed E-state index contributed by atoms with van der Waals surface area (Å²) in [7, 11) is 5.23. The number of imidazole rings is 1. The number of aromatic nitrogens is 3. The number of carbonyl (C=O) groups is 4. The highest BCUT2D eigenvalue weighted by Gasteiger charge is 2.61. The van der Waals surface area contributed by atoms with Gasteiger partial charge in [0.15, 0.2) is 17.7 Å². The summed E-state index contributed by atoms with van der Waals surface area (Å²) in [5, 5.41) is 11.5. The molecule has 0 saturated carbocycles. The minimum Gasteiger partial charge on any atom is -0.457 e. The van der Waals surface area contributed by atoms with Gasteiger partial charge in [0.2, 0.25) is 0 Å². The third-order valence-electron chi connectivity index (χ3n) is 13.1. The van der Waals surface area contributed by atoms with Gasteiger partial charge in [0.05, 0.1) is 35.9 Å². The van der Waals surface area contributed by atoms with Gasteiger partial charge in [-0.15, -0.1) is 0 Å². The van der Waals surface area contributed by atoms with E-state index >= 15 is 0 Å². The van der Waals surface area contributed by atoms with Gasteiger partial charge in [-0.2, -0.15) is 0 Å². The number of aryl methyl sites for hydroxylation is 2. The van der Waals surface area contributed by atoms with Crippen LogP contribution in [0.3, 0.4) is 0 Å². The fraction of sp³-hybridized carbons (Fsp3) is 0.689. The molecule has 3 aliphatic rings. The van der Waals surface area contributed by atoms with Crippen molar-refractivity contribution in [3.8, 4) is 11.3 Å². The summed E-state index contributed by atoms with van der Waals surface area (Å²) in [6.45, 7) is 19.1. The number of Topliss-reactive ketones (excluding diaryl/α,β-unsaturated/α-hetero) is 2. The normalized spacial score (nSPS) is 35.8. The number of pyridine rings is 1. The van der Waals surface area contributed by atoms with E-state index in [2.05, 4.69) is 16.5 Å². The van der Waals surface area contributed by atoms with Crippen molar-refractivity contribution in [3.05, 3.63) is 49.2 Å². The highest BCUT2D eigenvalue weighted by atomic mass is 16.7. The molecule has 0 spiro atoms. The third kappa shape index (κ3) is 9.55. The summed E-state index contributed by atoms with van der Waals surface area (Å²) >= 11 is 0. The molecule has 15 heteroatoms. The highest BCUT2D eigenvalue weighted by molar-refractivity contribution is 6.00. The molecule has 60 heavy (non-hydrogen) atoms. The van der Waals surface area contributed by atoms with E-state index in [4.69, 9.17) is 23.7 Å². The van der Waals surface area contributed by atoms with Crippen molar-refractivity contribution in [3.63, 3.8) is 0 Å². The van der Waals surface area contributed by atoms with Crippen LogP contribution in [0.15, 0.2) is 43.5 Å². The second-order valence-corrected chi connectivity index (χ2v) is 17.6. The van der Waals surface area contributed by atoms with Crippen molar-refractivity contribution >= 4 is 23.6 Å². The molecule has 2 aromatic rings. The van der Waals surface area contributed by atoms with Gasteiger partial charge in [0.1, 0.15) is 23.9 Å². The lowest BCUT2D eigenvalue weighted by molar-refractivity contribution is -0.295. The molecule has 2 aromatic heterocycles. The summed E-state index contributed by atoms with van der Waals surface area (Å²) in [6, 6.07) is 2.74. The molecule has 1 amide bonds. The van der Waals surface area contributed by atoms with E-state index < -0.39 is 83.4 Å². The van der Waals surface area contributed by atoms with Crippen molar-refractivity contribution in [2.75, 3.05) is 27.7 Å². The van der Waals surface area contributed by atoms with E-state index in [9.17, 15) is 24.3 Å². The minimum absolute atomic E-state index is 0.106. The molecule has 5 heterocycles. The zero-order valence-corrected chi connectivity index (χ0v) is 37.3. The molecular weight excluding hydrogens is 771 g/mol. The zero-order chi connectivity index (χ0) is 44.3. The number of esters is 1. The van der Waals surface area contributed by atoms with Crippen LogP contribution in [0.4, 0.5) is 4.79 Å². The zero-order valence-electron chi connectivity index (χ0n) is 37.3. The maximum Gasteiger partial charge on any atom is 0.411 e. The van der Waals surface area contributed by atoms with Crippen LogP contribution < -0.4 is 0 Å². The quantitative estimate of drug-likeness (QED) is 0.125. The van der Waals surface area contributed by atoms with Crippen molar-refractivity contribution in [2.45, 2.75) is 148 Å². The summed E-state index contributed by atoms with van der Waals surface area (Å²) in [6.07, 6.45) is 3.89. The van der Waals surface area contributed by atoms with Crippen LogP contribution in [0.2, 0.25) is 0 Å². The first-order chi connectivity index (χ1) is 28.3. The molecule has 3 aliphatic heterocycles. The van der Waals surface area contributed by atoms with E-state index in [0.29, 0.717) is 25.8 Å². The Morgan fingerprint density at radius 2 is 1.73 bits per heavy atom. The van der Waals surface area contributed by atoms with Gasteiger partial charge in [-0.3, -0.25) is 24.3 Å². The largest absolute Gasteiger partial charge is 0.457 e. The number of cyclic esters (lactones) is 1. The van der Waals surface area contributed by atoms with Crippen LogP contribution in [-0.2, 0) is 44.6 Å². The minimum atomic E-state index is -1.60. The van der Waals surface area contributed by atoms with E-state index in [1.165, 1.54) is 20.1 Å². The first-order valence-electron chi connectivity index (χ1n) is 21.4. The number of aliphatic hydroxyl groups excluding tert-OH is 1. The average molecular weight is 838 g/mol. The van der Waals surface area contributed by atoms with Crippen LogP contribution in [0.5, 0.6) is 0 Å². The number of ether oxygens (including phenoxy) is 5. The Kier molecular flexibility index (Phi) is 15.2. The van der Waals surface area contributed by atoms with Crippen molar-refractivity contribution < 1.29 is 48.0 Å². The van der Waals surface area contributed by atoms with Gasteiger partial charge in [0, 0.05) is 67.6 Å². The predicted octanol–water partition coefficient (Wildman–Crippen LogP) is 5.40. The molecule has 5 rings (SSSR count).